The Labute approximate surface area is 141 Å². The molecule has 0 spiro atoms. The first-order valence-electron chi connectivity index (χ1n) is 8.00. The number of halogens is 3. The van der Waals surface area contributed by atoms with Gasteiger partial charge in [0.2, 0.25) is 0 Å². The van der Waals surface area contributed by atoms with Crippen LogP contribution in [0.25, 0.3) is 0 Å². The van der Waals surface area contributed by atoms with E-state index in [4.69, 9.17) is 4.74 Å². The number of benzene rings is 1. The lowest BCUT2D eigenvalue weighted by molar-refractivity contribution is -0.138. The average molecular weight is 360 g/mol. The van der Waals surface area contributed by atoms with Crippen LogP contribution in [0.3, 0.4) is 0 Å². The molecule has 0 saturated carbocycles. The predicted octanol–water partition coefficient (Wildman–Crippen LogP) is 3.98. The van der Waals surface area contributed by atoms with Gasteiger partial charge in [-0.2, -0.15) is 13.2 Å². The normalized spacial score (nSPS) is 30.0. The van der Waals surface area contributed by atoms with Crippen molar-refractivity contribution in [2.24, 2.45) is 5.92 Å². The molecular formula is C17H19F3O3S. The lowest BCUT2D eigenvalue weighted by Crippen LogP contribution is -2.41. The van der Waals surface area contributed by atoms with Gasteiger partial charge >= 0.3 is 6.18 Å². The lowest BCUT2D eigenvalue weighted by atomic mass is 9.84. The van der Waals surface area contributed by atoms with Crippen LogP contribution in [-0.2, 0) is 17.0 Å². The van der Waals surface area contributed by atoms with Crippen LogP contribution in [0.1, 0.15) is 48.0 Å². The zero-order chi connectivity index (χ0) is 17.5. The Morgan fingerprint density at radius 2 is 1.83 bits per heavy atom. The highest BCUT2D eigenvalue weighted by atomic mass is 32.2. The molecule has 3 nitrogen and oxygen atoms in total. The van der Waals surface area contributed by atoms with E-state index in [1.807, 2.05) is 0 Å². The Bertz CT molecular complexity index is 656. The summed E-state index contributed by atoms with van der Waals surface area (Å²) in [7, 11) is 0.283. The van der Waals surface area contributed by atoms with E-state index in [0.717, 1.165) is 32.4 Å². The summed E-state index contributed by atoms with van der Waals surface area (Å²) in [5.41, 5.74) is -0.654. The Morgan fingerprint density at radius 1 is 1.21 bits per heavy atom. The molecule has 0 N–H and O–H groups in total. The molecule has 2 heterocycles. The molecule has 3 rings (SSSR count). The first-order valence-corrected chi connectivity index (χ1v) is 9.27. The van der Waals surface area contributed by atoms with Crippen molar-refractivity contribution in [3.8, 4) is 5.75 Å². The molecule has 1 aromatic carbocycles. The number of hydrogen-bond acceptors (Lipinski definition) is 3. The van der Waals surface area contributed by atoms with Crippen molar-refractivity contribution >= 4 is 16.6 Å². The smallest absolute Gasteiger partial charge is 0.419 e. The third-order valence-electron chi connectivity index (χ3n) is 4.97. The number of Topliss-reactive ketones (excluding diaryl/α,β-unsaturated/α-hetero) is 1. The van der Waals surface area contributed by atoms with Gasteiger partial charge in [0.05, 0.1) is 12.7 Å². The van der Waals surface area contributed by atoms with E-state index >= 15 is 0 Å². The zero-order valence-corrected chi connectivity index (χ0v) is 14.1. The zero-order valence-electron chi connectivity index (χ0n) is 13.3. The van der Waals surface area contributed by atoms with Crippen molar-refractivity contribution in [3.05, 3.63) is 29.3 Å². The van der Waals surface area contributed by atoms with Crippen molar-refractivity contribution in [3.63, 3.8) is 0 Å². The van der Waals surface area contributed by atoms with Crippen LogP contribution in [0.2, 0.25) is 0 Å². The molecule has 0 aromatic heterocycles. The molecule has 2 aliphatic heterocycles. The fourth-order valence-electron chi connectivity index (χ4n) is 3.76. The van der Waals surface area contributed by atoms with Crippen molar-refractivity contribution in [1.82, 2.24) is 0 Å². The monoisotopic (exact) mass is 360 g/mol. The van der Waals surface area contributed by atoms with Gasteiger partial charge in [0.1, 0.15) is 5.75 Å². The molecule has 2 atom stereocenters. The van der Waals surface area contributed by atoms with Gasteiger partial charge in [-0.25, -0.2) is 0 Å². The molecule has 0 amide bonds. The first-order chi connectivity index (χ1) is 11.3. The van der Waals surface area contributed by atoms with Crippen LogP contribution in [-0.4, -0.2) is 27.6 Å². The van der Waals surface area contributed by atoms with Crippen LogP contribution >= 0.6 is 0 Å². The maximum atomic E-state index is 12.9. The molecule has 7 heteroatoms. The summed E-state index contributed by atoms with van der Waals surface area (Å²) in [5, 5.41) is 0.0885. The minimum Gasteiger partial charge on any atom is -0.496 e. The van der Waals surface area contributed by atoms with Gasteiger partial charge < -0.3 is 4.74 Å². The number of rotatable bonds is 3. The van der Waals surface area contributed by atoms with Crippen molar-refractivity contribution < 1.29 is 26.9 Å². The predicted molar refractivity (Wildman–Crippen MR) is 84.6 cm³/mol. The molecule has 24 heavy (non-hydrogen) atoms. The molecular weight excluding hydrogens is 341 g/mol. The summed E-state index contributed by atoms with van der Waals surface area (Å²) in [6.07, 6.45) is -0.634. The van der Waals surface area contributed by atoms with E-state index in [1.54, 1.807) is 0 Å². The second-order valence-corrected chi connectivity index (χ2v) is 8.44. The molecule has 2 bridgehead atoms. The Balaban J connectivity index is 1.84. The third-order valence-corrected chi connectivity index (χ3v) is 7.14. The number of fused-ring (bicyclic) bond motifs is 2. The van der Waals surface area contributed by atoms with Crippen LogP contribution < -0.4 is 4.74 Å². The van der Waals surface area contributed by atoms with Crippen molar-refractivity contribution in [1.29, 1.82) is 0 Å². The Hall–Kier alpha value is -1.37. The van der Waals surface area contributed by atoms with E-state index in [1.165, 1.54) is 12.1 Å². The van der Waals surface area contributed by atoms with Crippen molar-refractivity contribution in [2.45, 2.75) is 48.8 Å². The van der Waals surface area contributed by atoms with Gasteiger partial charge in [0.15, 0.2) is 5.78 Å². The van der Waals surface area contributed by atoms with Gasteiger partial charge in [-0.3, -0.25) is 9.00 Å². The molecule has 1 aromatic rings. The Kier molecular flexibility index (Phi) is 4.73. The highest BCUT2D eigenvalue weighted by molar-refractivity contribution is 7.86. The number of carbonyl (C=O) groups excluding carboxylic acids is 1. The van der Waals surface area contributed by atoms with Crippen LogP contribution in [0.15, 0.2) is 18.2 Å². The second-order valence-electron chi connectivity index (χ2n) is 6.45. The average Bonchev–Trinajstić information content (AvgIpc) is 2.52. The number of carbonyl (C=O) groups is 1. The number of methoxy groups -OCH3 is 1. The summed E-state index contributed by atoms with van der Waals surface area (Å²) in [6.45, 7) is 0. The van der Waals surface area contributed by atoms with E-state index in [-0.39, 0.29) is 33.5 Å². The van der Waals surface area contributed by atoms with Crippen molar-refractivity contribution in [2.75, 3.05) is 7.11 Å². The number of ether oxygens (including phenoxy) is 1. The highest BCUT2D eigenvalue weighted by Crippen LogP contribution is 2.40. The fraction of sp³-hybridized carbons (Fsp3) is 0.588. The minimum atomic E-state index is -4.52. The quantitative estimate of drug-likeness (QED) is 0.766. The van der Waals surface area contributed by atoms with E-state index in [2.05, 4.69) is 0 Å². The molecule has 0 aliphatic carbocycles. The van der Waals surface area contributed by atoms with Crippen LogP contribution in [0.5, 0.6) is 5.75 Å². The van der Waals surface area contributed by atoms with Gasteiger partial charge in [-0.05, 0) is 37.8 Å². The SMILES string of the molecule is COc1cc(C(=O)C2CC3CCCC(C2)S3=O)ccc1C(F)(F)F. The Morgan fingerprint density at radius 3 is 2.38 bits per heavy atom. The molecule has 2 unspecified atom stereocenters. The molecule has 0 radical (unpaired) electrons. The fourth-order valence-corrected chi connectivity index (χ4v) is 5.95. The molecule has 2 fully saturated rings. The summed E-state index contributed by atoms with van der Waals surface area (Å²) < 4.78 is 55.8. The van der Waals surface area contributed by atoms with Crippen LogP contribution in [0, 0.1) is 5.92 Å². The molecule has 2 aliphatic rings. The number of hydrogen-bond donors (Lipinski definition) is 0. The maximum Gasteiger partial charge on any atom is 0.419 e. The summed E-state index contributed by atoms with van der Waals surface area (Å²) >= 11 is 0. The van der Waals surface area contributed by atoms with Gasteiger partial charge in [-0.15, -0.1) is 0 Å². The second kappa shape index (κ2) is 6.50. The largest absolute Gasteiger partial charge is 0.496 e. The topological polar surface area (TPSA) is 43.4 Å². The van der Waals surface area contributed by atoms with Gasteiger partial charge in [0.25, 0.3) is 0 Å². The maximum absolute atomic E-state index is 12.9. The molecule has 132 valence electrons. The van der Waals surface area contributed by atoms with E-state index < -0.39 is 22.5 Å². The first kappa shape index (κ1) is 17.5. The van der Waals surface area contributed by atoms with Crippen LogP contribution in [0.4, 0.5) is 13.2 Å². The van der Waals surface area contributed by atoms with E-state index in [9.17, 15) is 22.2 Å². The van der Waals surface area contributed by atoms with E-state index in [0.29, 0.717) is 12.8 Å². The number of ketones is 1. The lowest BCUT2D eigenvalue weighted by Gasteiger charge is -2.37. The highest BCUT2D eigenvalue weighted by Gasteiger charge is 2.41. The molecule has 2 saturated heterocycles. The summed E-state index contributed by atoms with van der Waals surface area (Å²) in [5.74, 6) is -0.775. The summed E-state index contributed by atoms with van der Waals surface area (Å²) in [4.78, 5) is 12.7. The number of alkyl halides is 3. The minimum absolute atomic E-state index is 0.0443. The third kappa shape index (κ3) is 3.23. The summed E-state index contributed by atoms with van der Waals surface area (Å²) in [6, 6.07) is 3.29. The van der Waals surface area contributed by atoms with Gasteiger partial charge in [-0.1, -0.05) is 12.5 Å². The van der Waals surface area contributed by atoms with Gasteiger partial charge in [0, 0.05) is 32.8 Å². The standard InChI is InChI=1S/C17H19F3O3S/c1-23-15-9-10(5-6-14(15)17(18,19)20)16(21)11-7-12-3-2-4-13(8-11)24(12)22/h5-6,9,11-13H,2-4,7-8H2,1H3.